The van der Waals surface area contributed by atoms with Crippen LogP contribution in [0.3, 0.4) is 0 Å². The van der Waals surface area contributed by atoms with Crippen molar-refractivity contribution in [1.29, 1.82) is 0 Å². The number of hydrogen-bond acceptors (Lipinski definition) is 2. The van der Waals surface area contributed by atoms with E-state index in [2.05, 4.69) is 25.7 Å². The first-order valence-electron chi connectivity index (χ1n) is 7.70. The van der Waals surface area contributed by atoms with Crippen LogP contribution in [0, 0.1) is 23.0 Å². The van der Waals surface area contributed by atoms with Gasteiger partial charge in [0.2, 0.25) is 0 Å². The van der Waals surface area contributed by atoms with Gasteiger partial charge in [-0.15, -0.1) is 0 Å². The van der Waals surface area contributed by atoms with Gasteiger partial charge >= 0.3 is 0 Å². The highest BCUT2D eigenvalue weighted by molar-refractivity contribution is 5.22. The van der Waals surface area contributed by atoms with Gasteiger partial charge in [-0.05, 0) is 43.3 Å². The number of likely N-dealkylation sites (tertiary alicyclic amines) is 1. The van der Waals surface area contributed by atoms with Crippen molar-refractivity contribution in [3.63, 3.8) is 0 Å². The molecule has 0 aromatic heterocycles. The highest BCUT2D eigenvalue weighted by Crippen LogP contribution is 2.34. The molecule has 0 amide bonds. The Hall–Kier alpha value is -1.00. The number of piperidine rings is 1. The van der Waals surface area contributed by atoms with Crippen LogP contribution in [0.2, 0.25) is 0 Å². The summed E-state index contributed by atoms with van der Waals surface area (Å²) >= 11 is 0. The van der Waals surface area contributed by atoms with Gasteiger partial charge in [0.1, 0.15) is 11.6 Å². The number of benzene rings is 1. The van der Waals surface area contributed by atoms with Crippen LogP contribution in [0.4, 0.5) is 8.78 Å². The molecule has 2 nitrogen and oxygen atoms in total. The predicted octanol–water partition coefficient (Wildman–Crippen LogP) is 3.72. The van der Waals surface area contributed by atoms with E-state index in [1.165, 1.54) is 12.1 Å². The van der Waals surface area contributed by atoms with E-state index in [-0.39, 0.29) is 0 Å². The Labute approximate surface area is 126 Å². The molecule has 0 spiro atoms. The number of rotatable bonds is 3. The van der Waals surface area contributed by atoms with E-state index in [1.54, 1.807) is 0 Å². The molecule has 0 bridgehead atoms. The lowest BCUT2D eigenvalue weighted by molar-refractivity contribution is 0.108. The van der Waals surface area contributed by atoms with Gasteiger partial charge in [-0.1, -0.05) is 26.8 Å². The summed E-state index contributed by atoms with van der Waals surface area (Å²) in [6, 6.07) is 3.22. The Balaban J connectivity index is 1.91. The maximum Gasteiger partial charge on any atom is 0.130 e. The average molecular weight is 296 g/mol. The summed E-state index contributed by atoms with van der Waals surface area (Å²) in [5, 5.41) is 0. The summed E-state index contributed by atoms with van der Waals surface area (Å²) in [5.41, 5.74) is 6.84. The van der Waals surface area contributed by atoms with Gasteiger partial charge in [-0.2, -0.15) is 0 Å². The van der Waals surface area contributed by atoms with Crippen LogP contribution in [0.25, 0.3) is 0 Å². The minimum atomic E-state index is -0.561. The number of nitrogens with two attached hydrogens (primary N) is 1. The highest BCUT2D eigenvalue weighted by Gasteiger charge is 2.29. The molecule has 1 aliphatic rings. The molecule has 1 aliphatic heterocycles. The van der Waals surface area contributed by atoms with Crippen LogP contribution in [-0.4, -0.2) is 24.5 Å². The zero-order chi connectivity index (χ0) is 15.6. The fourth-order valence-corrected chi connectivity index (χ4v) is 3.16. The van der Waals surface area contributed by atoms with Crippen LogP contribution in [0.1, 0.15) is 45.2 Å². The molecule has 0 saturated carbocycles. The molecule has 1 aromatic rings. The molecule has 21 heavy (non-hydrogen) atoms. The van der Waals surface area contributed by atoms with Gasteiger partial charge < -0.3 is 10.6 Å². The minimum Gasteiger partial charge on any atom is -0.323 e. The van der Waals surface area contributed by atoms with E-state index in [9.17, 15) is 8.78 Å². The quantitative estimate of drug-likeness (QED) is 0.921. The third-order valence-corrected chi connectivity index (χ3v) is 4.63. The van der Waals surface area contributed by atoms with E-state index >= 15 is 0 Å². The molecule has 118 valence electrons. The van der Waals surface area contributed by atoms with Crippen LogP contribution < -0.4 is 5.73 Å². The van der Waals surface area contributed by atoms with E-state index in [0.29, 0.717) is 17.5 Å². The van der Waals surface area contributed by atoms with Gasteiger partial charge in [0.15, 0.2) is 0 Å². The molecular formula is C17H26F2N2. The molecule has 1 aromatic carbocycles. The first-order chi connectivity index (χ1) is 9.77. The van der Waals surface area contributed by atoms with Crippen molar-refractivity contribution in [2.75, 3.05) is 19.6 Å². The molecule has 4 heteroatoms. The van der Waals surface area contributed by atoms with Crippen LogP contribution in [0.15, 0.2) is 18.2 Å². The monoisotopic (exact) mass is 296 g/mol. The fraction of sp³-hybridized carbons (Fsp3) is 0.647. The van der Waals surface area contributed by atoms with Crippen molar-refractivity contribution >= 4 is 0 Å². The topological polar surface area (TPSA) is 29.3 Å². The van der Waals surface area contributed by atoms with Gasteiger partial charge in [0.25, 0.3) is 0 Å². The van der Waals surface area contributed by atoms with E-state index < -0.39 is 17.7 Å². The van der Waals surface area contributed by atoms with Crippen molar-refractivity contribution in [3.8, 4) is 0 Å². The van der Waals surface area contributed by atoms with Gasteiger partial charge in [-0.3, -0.25) is 0 Å². The zero-order valence-electron chi connectivity index (χ0n) is 13.2. The van der Waals surface area contributed by atoms with E-state index in [0.717, 1.165) is 37.9 Å². The molecule has 0 aliphatic carbocycles. The van der Waals surface area contributed by atoms with Crippen LogP contribution >= 0.6 is 0 Å². The molecule has 1 unspecified atom stereocenters. The van der Waals surface area contributed by atoms with Gasteiger partial charge in [0.05, 0.1) is 0 Å². The summed E-state index contributed by atoms with van der Waals surface area (Å²) in [7, 11) is 0. The SMILES string of the molecule is CC(C)(C)C1CCN(CC(N)c2ccc(F)cc2F)CC1. The third-order valence-electron chi connectivity index (χ3n) is 4.63. The second-order valence-corrected chi connectivity index (χ2v) is 7.21. The molecule has 1 heterocycles. The molecule has 1 saturated heterocycles. The summed E-state index contributed by atoms with van der Waals surface area (Å²) in [5.74, 6) is -0.381. The molecule has 2 rings (SSSR count). The fourth-order valence-electron chi connectivity index (χ4n) is 3.16. The molecule has 2 N–H and O–H groups in total. The van der Waals surface area contributed by atoms with Crippen molar-refractivity contribution in [1.82, 2.24) is 4.90 Å². The van der Waals surface area contributed by atoms with Crippen molar-refractivity contribution in [2.24, 2.45) is 17.1 Å². The van der Waals surface area contributed by atoms with E-state index in [1.807, 2.05) is 0 Å². The lowest BCUT2D eigenvalue weighted by Crippen LogP contribution is -2.41. The smallest absolute Gasteiger partial charge is 0.130 e. The van der Waals surface area contributed by atoms with Crippen molar-refractivity contribution in [2.45, 2.75) is 39.7 Å². The normalized spacial score (nSPS) is 19.7. The molecule has 1 atom stereocenters. The van der Waals surface area contributed by atoms with Gasteiger partial charge in [0, 0.05) is 24.2 Å². The highest BCUT2D eigenvalue weighted by atomic mass is 19.1. The van der Waals surface area contributed by atoms with Gasteiger partial charge in [-0.25, -0.2) is 8.78 Å². The first-order valence-corrected chi connectivity index (χ1v) is 7.70. The largest absolute Gasteiger partial charge is 0.323 e. The third kappa shape index (κ3) is 4.24. The predicted molar refractivity (Wildman–Crippen MR) is 81.9 cm³/mol. The summed E-state index contributed by atoms with van der Waals surface area (Å²) in [4.78, 5) is 2.29. The second-order valence-electron chi connectivity index (χ2n) is 7.21. The lowest BCUT2D eigenvalue weighted by atomic mass is 9.75. The Morgan fingerprint density at radius 2 is 1.86 bits per heavy atom. The van der Waals surface area contributed by atoms with Crippen molar-refractivity contribution < 1.29 is 8.78 Å². The van der Waals surface area contributed by atoms with Crippen molar-refractivity contribution in [3.05, 3.63) is 35.4 Å². The standard InChI is InChI=1S/C17H26F2N2/c1-17(2,3)12-6-8-21(9-7-12)11-16(20)14-5-4-13(18)10-15(14)19/h4-5,10,12,16H,6-9,11,20H2,1-3H3. The number of halogens is 2. The Morgan fingerprint density at radius 3 is 2.38 bits per heavy atom. The summed E-state index contributed by atoms with van der Waals surface area (Å²) < 4.78 is 26.7. The van der Waals surface area contributed by atoms with Crippen LogP contribution in [-0.2, 0) is 0 Å². The average Bonchev–Trinajstić information content (AvgIpc) is 2.38. The lowest BCUT2D eigenvalue weighted by Gasteiger charge is -2.39. The maximum absolute atomic E-state index is 13.7. The number of nitrogens with zero attached hydrogens (tertiary/aromatic N) is 1. The summed E-state index contributed by atoms with van der Waals surface area (Å²) in [6.07, 6.45) is 2.31. The Morgan fingerprint density at radius 1 is 1.24 bits per heavy atom. The molecule has 0 radical (unpaired) electrons. The molecule has 1 fully saturated rings. The molecular weight excluding hydrogens is 270 g/mol. The minimum absolute atomic E-state index is 0.345. The zero-order valence-corrected chi connectivity index (χ0v) is 13.2. The Bertz CT molecular complexity index is 474. The maximum atomic E-state index is 13.7. The first kappa shape index (κ1) is 16.4. The summed E-state index contributed by atoms with van der Waals surface area (Å²) in [6.45, 7) is 9.48. The Kier molecular flexibility index (Phi) is 4.99. The van der Waals surface area contributed by atoms with Crippen LogP contribution in [0.5, 0.6) is 0 Å². The second kappa shape index (κ2) is 6.41. The number of hydrogen-bond donors (Lipinski definition) is 1. The van der Waals surface area contributed by atoms with E-state index in [4.69, 9.17) is 5.73 Å².